The highest BCUT2D eigenvalue weighted by molar-refractivity contribution is 5.82. The number of likely N-dealkylation sites (tertiary alicyclic amines) is 1. The lowest BCUT2D eigenvalue weighted by atomic mass is 10.1. The molecule has 10 heteroatoms. The van der Waals surface area contributed by atoms with Crippen molar-refractivity contribution in [1.29, 1.82) is 0 Å². The number of hydrogen-bond acceptors (Lipinski definition) is 5. The van der Waals surface area contributed by atoms with Crippen LogP contribution < -0.4 is 5.69 Å². The van der Waals surface area contributed by atoms with Gasteiger partial charge in [-0.1, -0.05) is 29.8 Å². The molecule has 2 aliphatic heterocycles. The highest BCUT2D eigenvalue weighted by Crippen LogP contribution is 2.25. The van der Waals surface area contributed by atoms with E-state index in [4.69, 9.17) is 4.74 Å². The number of carbonyl (C=O) groups excluding carboxylic acids is 2. The average Bonchev–Trinajstić information content (AvgIpc) is 3.31. The van der Waals surface area contributed by atoms with Crippen LogP contribution >= 0.6 is 0 Å². The monoisotopic (exact) mass is 459 g/mol. The topological polar surface area (TPSA) is 89.7 Å². The molecule has 1 fully saturated rings. The number of aromatic nitrogens is 3. The summed E-state index contributed by atoms with van der Waals surface area (Å²) in [5, 5.41) is 4.44. The Labute approximate surface area is 191 Å². The predicted molar refractivity (Wildman–Crippen MR) is 119 cm³/mol. The quantitative estimate of drug-likeness (QED) is 0.703. The number of amides is 2. The van der Waals surface area contributed by atoms with Crippen LogP contribution in [0.4, 0.5) is 9.18 Å². The third kappa shape index (κ3) is 4.94. The number of carbonyl (C=O) groups is 2. The van der Waals surface area contributed by atoms with Crippen LogP contribution in [0, 0.1) is 6.92 Å². The van der Waals surface area contributed by atoms with E-state index in [0.29, 0.717) is 5.82 Å². The highest BCUT2D eigenvalue weighted by Gasteiger charge is 2.40. The second-order valence-electron chi connectivity index (χ2n) is 9.76. The van der Waals surface area contributed by atoms with Crippen molar-refractivity contribution in [3.8, 4) is 0 Å². The molecule has 0 aliphatic carbocycles. The lowest BCUT2D eigenvalue weighted by molar-refractivity contribution is -0.135. The molecule has 2 aromatic rings. The van der Waals surface area contributed by atoms with Gasteiger partial charge in [0, 0.05) is 6.54 Å². The molecule has 9 nitrogen and oxygen atoms in total. The number of halogens is 1. The molecule has 4 rings (SSSR count). The molecule has 2 amide bonds. The van der Waals surface area contributed by atoms with Crippen molar-refractivity contribution in [3.05, 3.63) is 51.7 Å². The molecule has 3 heterocycles. The van der Waals surface area contributed by atoms with Crippen LogP contribution in [0.2, 0.25) is 0 Å². The summed E-state index contributed by atoms with van der Waals surface area (Å²) in [6.45, 7) is 7.77. The van der Waals surface area contributed by atoms with Crippen molar-refractivity contribution in [3.63, 3.8) is 0 Å². The van der Waals surface area contributed by atoms with E-state index in [-0.39, 0.29) is 45.1 Å². The maximum atomic E-state index is 13.8. The van der Waals surface area contributed by atoms with E-state index in [1.807, 2.05) is 31.2 Å². The van der Waals surface area contributed by atoms with Crippen molar-refractivity contribution in [1.82, 2.24) is 24.1 Å². The molecule has 0 bridgehead atoms. The van der Waals surface area contributed by atoms with Crippen molar-refractivity contribution >= 4 is 12.0 Å². The highest BCUT2D eigenvalue weighted by atomic mass is 19.1. The first-order chi connectivity index (χ1) is 15.5. The average molecular weight is 460 g/mol. The SMILES string of the molecule is Cc1ccc(Cn2nc3n(c2=O)C(C(=O)N2CC[C@H](F)C2)CN(C(=O)OC(C)(C)C)C3)cc1. The largest absolute Gasteiger partial charge is 0.444 e. The Morgan fingerprint density at radius 2 is 1.85 bits per heavy atom. The van der Waals surface area contributed by atoms with Gasteiger partial charge in [-0.05, 0) is 39.7 Å². The van der Waals surface area contributed by atoms with Crippen molar-refractivity contribution in [2.24, 2.45) is 0 Å². The third-order valence-corrected chi connectivity index (χ3v) is 5.81. The second kappa shape index (κ2) is 8.64. The molecule has 1 unspecified atom stereocenters. The van der Waals surface area contributed by atoms with E-state index >= 15 is 0 Å². The Kier molecular flexibility index (Phi) is 6.02. The maximum absolute atomic E-state index is 13.8. The fourth-order valence-electron chi connectivity index (χ4n) is 4.16. The zero-order valence-electron chi connectivity index (χ0n) is 19.5. The van der Waals surface area contributed by atoms with Gasteiger partial charge >= 0.3 is 11.8 Å². The number of ether oxygens (including phenoxy) is 1. The Morgan fingerprint density at radius 1 is 1.15 bits per heavy atom. The molecule has 2 atom stereocenters. The van der Waals surface area contributed by atoms with Gasteiger partial charge in [-0.2, -0.15) is 5.10 Å². The Hall–Kier alpha value is -3.17. The van der Waals surface area contributed by atoms with E-state index in [1.54, 1.807) is 20.8 Å². The fraction of sp³-hybridized carbons (Fsp3) is 0.565. The molecule has 1 aromatic heterocycles. The van der Waals surface area contributed by atoms with Gasteiger partial charge in [0.1, 0.15) is 17.8 Å². The third-order valence-electron chi connectivity index (χ3n) is 5.81. The first kappa shape index (κ1) is 23.0. The van der Waals surface area contributed by atoms with Crippen LogP contribution in [0.5, 0.6) is 0 Å². The number of alkyl halides is 1. The molecule has 1 aromatic carbocycles. The van der Waals surface area contributed by atoms with E-state index in [9.17, 15) is 18.8 Å². The minimum absolute atomic E-state index is 0.0106. The summed E-state index contributed by atoms with van der Waals surface area (Å²) >= 11 is 0. The van der Waals surface area contributed by atoms with Gasteiger partial charge in [0.25, 0.3) is 0 Å². The normalized spacial score (nSPS) is 20.6. The Morgan fingerprint density at radius 3 is 2.45 bits per heavy atom. The van der Waals surface area contributed by atoms with Gasteiger partial charge < -0.3 is 9.64 Å². The van der Waals surface area contributed by atoms with Crippen molar-refractivity contribution in [2.45, 2.75) is 65.0 Å². The first-order valence-electron chi connectivity index (χ1n) is 11.2. The number of rotatable bonds is 3. The maximum Gasteiger partial charge on any atom is 0.410 e. The molecule has 0 spiro atoms. The Bertz CT molecular complexity index is 1100. The molecule has 1 saturated heterocycles. The number of hydrogen-bond donors (Lipinski definition) is 0. The smallest absolute Gasteiger partial charge is 0.410 e. The van der Waals surface area contributed by atoms with Crippen LogP contribution in [-0.4, -0.2) is 67.6 Å². The number of fused-ring (bicyclic) bond motifs is 1. The van der Waals surface area contributed by atoms with Crippen LogP contribution in [0.1, 0.15) is 50.2 Å². The number of nitrogens with zero attached hydrogens (tertiary/aromatic N) is 5. The van der Waals surface area contributed by atoms with E-state index < -0.39 is 29.6 Å². The molecule has 0 N–H and O–H groups in total. The summed E-state index contributed by atoms with van der Waals surface area (Å²) in [6.07, 6.45) is -1.40. The molecule has 0 radical (unpaired) electrons. The fourth-order valence-corrected chi connectivity index (χ4v) is 4.16. The van der Waals surface area contributed by atoms with Gasteiger partial charge in [-0.3, -0.25) is 14.3 Å². The van der Waals surface area contributed by atoms with Crippen LogP contribution in [0.25, 0.3) is 0 Å². The minimum Gasteiger partial charge on any atom is -0.444 e. The van der Waals surface area contributed by atoms with E-state index in [0.717, 1.165) is 11.1 Å². The van der Waals surface area contributed by atoms with Gasteiger partial charge in [0.15, 0.2) is 5.82 Å². The van der Waals surface area contributed by atoms with Crippen molar-refractivity contribution < 1.29 is 18.7 Å². The van der Waals surface area contributed by atoms with Crippen LogP contribution in [0.15, 0.2) is 29.1 Å². The summed E-state index contributed by atoms with van der Waals surface area (Å²) in [5.74, 6) is -0.0831. The molecule has 33 heavy (non-hydrogen) atoms. The number of benzene rings is 1. The Balaban J connectivity index is 1.67. The molecule has 0 saturated carbocycles. The van der Waals surface area contributed by atoms with Gasteiger partial charge in [-0.25, -0.2) is 18.7 Å². The lowest BCUT2D eigenvalue weighted by Crippen LogP contribution is -2.51. The van der Waals surface area contributed by atoms with Crippen LogP contribution in [0.3, 0.4) is 0 Å². The minimum atomic E-state index is -1.08. The standard InChI is InChI=1S/C23H30FN5O4/c1-15-5-7-16(8-6-15)11-28-21(31)29-18(20(30)26-10-9-17(24)12-26)13-27(14-19(29)25-28)22(32)33-23(2,3)4/h5-8,17-18H,9-14H2,1-4H3/t17-,18?/m0/s1. The van der Waals surface area contributed by atoms with Gasteiger partial charge in [-0.15, -0.1) is 0 Å². The molecular formula is C23H30FN5O4. The summed E-state index contributed by atoms with van der Waals surface area (Å²) in [6, 6.07) is 6.76. The van der Waals surface area contributed by atoms with Crippen molar-refractivity contribution in [2.75, 3.05) is 19.6 Å². The molecule has 2 aliphatic rings. The predicted octanol–water partition coefficient (Wildman–Crippen LogP) is 2.26. The first-order valence-corrected chi connectivity index (χ1v) is 11.2. The van der Waals surface area contributed by atoms with Gasteiger partial charge in [0.2, 0.25) is 5.91 Å². The summed E-state index contributed by atoms with van der Waals surface area (Å²) in [5.41, 5.74) is 0.855. The van der Waals surface area contributed by atoms with Crippen LogP contribution in [-0.2, 0) is 22.6 Å². The molecule has 178 valence electrons. The summed E-state index contributed by atoms with van der Waals surface area (Å²) in [4.78, 5) is 42.1. The zero-order valence-corrected chi connectivity index (χ0v) is 19.5. The van der Waals surface area contributed by atoms with E-state index in [1.165, 1.54) is 19.0 Å². The zero-order chi connectivity index (χ0) is 23.9. The second-order valence-corrected chi connectivity index (χ2v) is 9.76. The lowest BCUT2D eigenvalue weighted by Gasteiger charge is -2.35. The summed E-state index contributed by atoms with van der Waals surface area (Å²) in [7, 11) is 0. The number of aryl methyl sites for hydroxylation is 1. The molecular weight excluding hydrogens is 429 g/mol. The van der Waals surface area contributed by atoms with Gasteiger partial charge in [0.05, 0.1) is 26.2 Å². The summed E-state index contributed by atoms with van der Waals surface area (Å²) < 4.78 is 21.9. The van der Waals surface area contributed by atoms with E-state index in [2.05, 4.69) is 5.10 Å².